The molecule has 81 heavy (non-hydrogen) atoms. The summed E-state index contributed by atoms with van der Waals surface area (Å²) in [6.45, 7) is 17.5. The lowest BCUT2D eigenvalue weighted by atomic mass is 9.82. The third kappa shape index (κ3) is 18.7. The van der Waals surface area contributed by atoms with Gasteiger partial charge in [-0.3, -0.25) is 29.8 Å². The highest BCUT2D eigenvalue weighted by Gasteiger charge is 2.42. The number of nitrogen functional groups attached to an aromatic ring is 5. The number of halogens is 3. The van der Waals surface area contributed by atoms with Gasteiger partial charge < -0.3 is 63.0 Å². The largest absolute Gasteiger partial charge is 0.396 e. The number of alkyl halides is 3. The van der Waals surface area contributed by atoms with E-state index in [0.29, 0.717) is 35.8 Å². The van der Waals surface area contributed by atoms with Crippen molar-refractivity contribution in [2.24, 2.45) is 17.3 Å². The Morgan fingerprint density at radius 2 is 0.864 bits per heavy atom. The molecule has 0 aromatic carbocycles. The molecule has 1 saturated carbocycles. The lowest BCUT2D eigenvalue weighted by Crippen LogP contribution is -2.47. The van der Waals surface area contributed by atoms with Crippen LogP contribution in [0.5, 0.6) is 0 Å². The first kappa shape index (κ1) is 62.0. The van der Waals surface area contributed by atoms with E-state index in [9.17, 15) is 13.2 Å². The molecule has 5 aliphatic heterocycles. The van der Waals surface area contributed by atoms with Crippen molar-refractivity contribution < 1.29 is 13.2 Å². The van der Waals surface area contributed by atoms with E-state index >= 15 is 0 Å². The van der Waals surface area contributed by atoms with Crippen LogP contribution in [0.2, 0.25) is 0 Å². The fraction of sp³-hybridized carbons (Fsp3) is 0.583. The predicted molar refractivity (Wildman–Crippen MR) is 329 cm³/mol. The molecule has 21 heteroatoms. The van der Waals surface area contributed by atoms with Crippen molar-refractivity contribution in [3.8, 4) is 0 Å². The second-order valence-electron chi connectivity index (χ2n) is 23.8. The molecule has 0 bridgehead atoms. The molecule has 6 aliphatic rings. The maximum absolute atomic E-state index is 12.7. The van der Waals surface area contributed by atoms with E-state index in [4.69, 9.17) is 28.7 Å². The van der Waals surface area contributed by atoms with Gasteiger partial charge in [-0.2, -0.15) is 13.2 Å². The molecule has 6 fully saturated rings. The summed E-state index contributed by atoms with van der Waals surface area (Å²) in [6.07, 6.45) is 24.1. The fourth-order valence-corrected chi connectivity index (χ4v) is 11.5. The van der Waals surface area contributed by atoms with Gasteiger partial charge in [0.25, 0.3) is 0 Å². The normalized spacial score (nSPS) is 20.7. The lowest BCUT2D eigenvalue weighted by Gasteiger charge is -2.38. The Bertz CT molecular complexity index is 2640. The molecule has 5 saturated heterocycles. The van der Waals surface area contributed by atoms with Crippen LogP contribution in [-0.2, 0) is 0 Å². The minimum Gasteiger partial charge on any atom is -0.396 e. The van der Waals surface area contributed by atoms with Crippen molar-refractivity contribution >= 4 is 56.9 Å². The molecular formula is C60H93F3N18. The topological polar surface area (TPSA) is 220 Å². The number of piperazine rings is 1. The summed E-state index contributed by atoms with van der Waals surface area (Å²) in [7, 11) is 8.58. The number of anilines is 10. The average Bonchev–Trinajstić information content (AvgIpc) is 4.36. The third-order valence-corrected chi connectivity index (χ3v) is 16.6. The molecule has 2 unspecified atom stereocenters. The Labute approximate surface area is 480 Å². The van der Waals surface area contributed by atoms with Gasteiger partial charge in [-0.25, -0.2) is 0 Å². The summed E-state index contributed by atoms with van der Waals surface area (Å²) in [5, 5.41) is 0. The minimum absolute atomic E-state index is 0.0162. The maximum atomic E-state index is 12.7. The van der Waals surface area contributed by atoms with E-state index < -0.39 is 12.1 Å². The first-order valence-corrected chi connectivity index (χ1v) is 29.1. The van der Waals surface area contributed by atoms with Crippen molar-refractivity contribution in [2.45, 2.75) is 96.3 Å². The molecule has 18 nitrogen and oxygen atoms in total. The third-order valence-electron chi connectivity index (χ3n) is 16.6. The summed E-state index contributed by atoms with van der Waals surface area (Å²) in [5.74, 6) is -0.437. The molecule has 10 heterocycles. The van der Waals surface area contributed by atoms with Crippen LogP contribution >= 0.6 is 0 Å². The van der Waals surface area contributed by atoms with Gasteiger partial charge in [0.1, 0.15) is 0 Å². The summed E-state index contributed by atoms with van der Waals surface area (Å²) in [4.78, 5) is 38.3. The number of nitrogens with zero attached hydrogens (tertiary/aromatic N) is 13. The van der Waals surface area contributed by atoms with Crippen LogP contribution in [0.1, 0.15) is 78.1 Å². The first-order valence-electron chi connectivity index (χ1n) is 29.1. The smallest absolute Gasteiger partial charge is 0.393 e. The standard InChI is InChI=1S/C13H22N4.C12H18N4.C12H20N4.C12H19N3.C11H14F3N3/c1-16(2)10-11-4-7-17(8-5-11)13-3-6-15-9-12(13)14;13-11-9-14-4-3-12(11)16-7-5-15(6-8-16)10-1-2-10;1-15(2)10-4-3-7-16(9-10)12-5-6-14-8-11(12)13;1-12(2)4-7-15(8-5-12)11-3-6-14-9-10(11)13;12-11(13,14)8-2-1-5-17(7-8)10-3-4-16-6-9(10)15/h3,6,9,11H,4-5,7-8,10,14H2,1-2H3;3-4,9-10H,1-2,5-8,13H2;5-6,8,10H,3-4,7,9,13H2,1-2H3;3,6,9H,4-5,7-8,13H2,1-2H3;3-4,6,8H,1-2,5,7,15H2. The molecule has 5 aromatic rings. The number of hydrogen-bond acceptors (Lipinski definition) is 18. The van der Waals surface area contributed by atoms with Crippen LogP contribution in [-0.4, -0.2) is 171 Å². The van der Waals surface area contributed by atoms with Crippen molar-refractivity contribution in [1.29, 1.82) is 0 Å². The van der Waals surface area contributed by atoms with E-state index in [1.807, 2.05) is 49.1 Å². The van der Waals surface area contributed by atoms with Crippen molar-refractivity contribution in [3.05, 3.63) is 92.3 Å². The monoisotopic (exact) mass is 1120 g/mol. The summed E-state index contributed by atoms with van der Waals surface area (Å²) >= 11 is 0. The highest BCUT2D eigenvalue weighted by atomic mass is 19.4. The van der Waals surface area contributed by atoms with Gasteiger partial charge >= 0.3 is 6.18 Å². The van der Waals surface area contributed by atoms with Crippen molar-refractivity contribution in [1.82, 2.24) is 39.6 Å². The van der Waals surface area contributed by atoms with E-state index in [0.717, 1.165) is 110 Å². The Morgan fingerprint density at radius 3 is 1.25 bits per heavy atom. The van der Waals surface area contributed by atoms with Crippen LogP contribution in [0, 0.1) is 17.3 Å². The molecule has 1 aliphatic carbocycles. The molecule has 11 rings (SSSR count). The lowest BCUT2D eigenvalue weighted by molar-refractivity contribution is -0.175. The number of aromatic nitrogens is 5. The average molecular weight is 1120 g/mol. The molecule has 0 radical (unpaired) electrons. The van der Waals surface area contributed by atoms with E-state index in [2.05, 4.69) is 101 Å². The molecule has 5 aromatic heterocycles. The van der Waals surface area contributed by atoms with Crippen LogP contribution in [0.25, 0.3) is 0 Å². The van der Waals surface area contributed by atoms with Crippen LogP contribution in [0.15, 0.2) is 92.3 Å². The number of piperidine rings is 4. The highest BCUT2D eigenvalue weighted by molar-refractivity contribution is 5.69. The molecule has 0 spiro atoms. The molecule has 0 amide bonds. The molecule has 2 atom stereocenters. The summed E-state index contributed by atoms with van der Waals surface area (Å²) in [5.41, 5.74) is 38.7. The second-order valence-corrected chi connectivity index (χ2v) is 23.8. The SMILES string of the molecule is CC1(C)CCN(c2ccncc2N)CC1.CN(C)C1CCCN(c2ccncc2N)C1.CN(C)CC1CCN(c2ccncc2N)CC1.Nc1cnccc1N1CCCC(C(F)(F)F)C1.Nc1cnccc1N1CCN(C2CC2)CC1. The quantitative estimate of drug-likeness (QED) is 0.0937. The Morgan fingerprint density at radius 1 is 0.481 bits per heavy atom. The van der Waals surface area contributed by atoms with Gasteiger partial charge in [0.15, 0.2) is 0 Å². The Balaban J connectivity index is 0.000000146. The van der Waals surface area contributed by atoms with E-state index in [1.54, 1.807) is 42.0 Å². The zero-order valence-corrected chi connectivity index (χ0v) is 49.1. The number of nitrogens with two attached hydrogens (primary N) is 5. The molecule has 444 valence electrons. The zero-order chi connectivity index (χ0) is 58.1. The number of rotatable bonds is 9. The maximum Gasteiger partial charge on any atom is 0.393 e. The number of hydrogen-bond donors (Lipinski definition) is 5. The van der Waals surface area contributed by atoms with Crippen molar-refractivity contribution in [2.75, 3.05) is 166 Å². The van der Waals surface area contributed by atoms with Gasteiger partial charge in [0, 0.05) is 128 Å². The minimum atomic E-state index is -4.12. The van der Waals surface area contributed by atoms with Gasteiger partial charge in [-0.15, -0.1) is 0 Å². The van der Waals surface area contributed by atoms with Crippen LogP contribution in [0.3, 0.4) is 0 Å². The predicted octanol–water partition coefficient (Wildman–Crippen LogP) is 8.32. The van der Waals surface area contributed by atoms with Gasteiger partial charge in [0.2, 0.25) is 0 Å². The summed E-state index contributed by atoms with van der Waals surface area (Å²) in [6, 6.07) is 11.2. The van der Waals surface area contributed by atoms with E-state index in [-0.39, 0.29) is 13.0 Å². The Kier molecular flexibility index (Phi) is 22.5. The number of likely N-dealkylation sites (N-methyl/N-ethyl adjacent to an activating group) is 1. The first-order chi connectivity index (χ1) is 38.8. The highest BCUT2D eigenvalue weighted by Crippen LogP contribution is 2.37. The second kappa shape index (κ2) is 29.4. The van der Waals surface area contributed by atoms with E-state index in [1.165, 1.54) is 77.2 Å². The van der Waals surface area contributed by atoms with Crippen LogP contribution in [0.4, 0.5) is 70.0 Å². The zero-order valence-electron chi connectivity index (χ0n) is 49.1. The Hall–Kier alpha value is -6.58. The summed E-state index contributed by atoms with van der Waals surface area (Å²) < 4.78 is 38.0. The van der Waals surface area contributed by atoms with Gasteiger partial charge in [0.05, 0.1) is 93.8 Å². The molecular weight excluding hydrogens is 1030 g/mol. The van der Waals surface area contributed by atoms with Crippen molar-refractivity contribution in [3.63, 3.8) is 0 Å². The molecule has 10 N–H and O–H groups in total. The number of pyridine rings is 5. The van der Waals surface area contributed by atoms with Gasteiger partial charge in [-0.05, 0) is 134 Å². The fourth-order valence-electron chi connectivity index (χ4n) is 11.5. The van der Waals surface area contributed by atoms with Crippen LogP contribution < -0.4 is 53.2 Å². The van der Waals surface area contributed by atoms with Gasteiger partial charge in [-0.1, -0.05) is 13.8 Å².